The number of nitrogens with two attached hydrogens (primary N) is 2. The summed E-state index contributed by atoms with van der Waals surface area (Å²) in [6, 6.07) is 2.85. The summed E-state index contributed by atoms with van der Waals surface area (Å²) in [6.07, 6.45) is 0. The van der Waals surface area contributed by atoms with Crippen molar-refractivity contribution in [2.45, 2.75) is 5.92 Å². The van der Waals surface area contributed by atoms with Crippen molar-refractivity contribution in [3.63, 3.8) is 0 Å². The van der Waals surface area contributed by atoms with Crippen LogP contribution in [0.4, 0.5) is 15.8 Å². The molecule has 0 aliphatic rings. The van der Waals surface area contributed by atoms with E-state index in [1.807, 2.05) is 0 Å². The highest BCUT2D eigenvalue weighted by Gasteiger charge is 2.26. The number of hydrogen-bond acceptors (Lipinski definition) is 5. The number of anilines is 2. The van der Waals surface area contributed by atoms with Crippen LogP contribution in [0.5, 0.6) is 0 Å². The number of ether oxygens (including phenoxy) is 2. The summed E-state index contributed by atoms with van der Waals surface area (Å²) in [5.41, 5.74) is 11.0. The van der Waals surface area contributed by atoms with E-state index in [0.717, 1.165) is 0 Å². The van der Waals surface area contributed by atoms with Crippen LogP contribution in [-0.4, -0.2) is 26.8 Å². The van der Waals surface area contributed by atoms with Gasteiger partial charge < -0.3 is 20.9 Å². The molecule has 1 rings (SSSR count). The molecule has 1 atom stereocenters. The molecule has 6 heteroatoms. The van der Waals surface area contributed by atoms with Gasteiger partial charge in [0, 0.05) is 12.7 Å². The summed E-state index contributed by atoms with van der Waals surface area (Å²) in [7, 11) is 2.64. The number of methoxy groups -OCH3 is 2. The normalized spacial score (nSPS) is 12.2. The van der Waals surface area contributed by atoms with E-state index < -0.39 is 17.7 Å². The van der Waals surface area contributed by atoms with E-state index in [4.69, 9.17) is 16.2 Å². The van der Waals surface area contributed by atoms with Crippen LogP contribution in [0.15, 0.2) is 12.1 Å². The van der Waals surface area contributed by atoms with E-state index in [1.165, 1.54) is 26.4 Å². The average Bonchev–Trinajstić information content (AvgIpc) is 2.33. The van der Waals surface area contributed by atoms with Gasteiger partial charge in [-0.25, -0.2) is 4.39 Å². The molecule has 0 heterocycles. The second-order valence-corrected chi connectivity index (χ2v) is 3.50. The Hall–Kier alpha value is -1.82. The molecular weight excluding hydrogens is 227 g/mol. The van der Waals surface area contributed by atoms with Crippen molar-refractivity contribution < 1.29 is 18.7 Å². The minimum Gasteiger partial charge on any atom is -0.468 e. The minimum absolute atomic E-state index is 0.00690. The summed E-state index contributed by atoms with van der Waals surface area (Å²) in [4.78, 5) is 11.5. The molecule has 0 spiro atoms. The molecule has 0 aliphatic heterocycles. The van der Waals surface area contributed by atoms with E-state index in [9.17, 15) is 9.18 Å². The molecule has 94 valence electrons. The molecule has 0 amide bonds. The zero-order valence-electron chi connectivity index (χ0n) is 9.70. The molecule has 1 aromatic rings. The Kier molecular flexibility index (Phi) is 4.28. The third kappa shape index (κ3) is 2.65. The van der Waals surface area contributed by atoms with Crippen LogP contribution in [0.1, 0.15) is 11.5 Å². The number of hydrogen-bond donors (Lipinski definition) is 2. The number of esters is 1. The fourth-order valence-corrected chi connectivity index (χ4v) is 1.49. The van der Waals surface area contributed by atoms with Crippen LogP contribution in [0.3, 0.4) is 0 Å². The van der Waals surface area contributed by atoms with E-state index in [0.29, 0.717) is 0 Å². The van der Waals surface area contributed by atoms with Gasteiger partial charge in [-0.15, -0.1) is 0 Å². The maximum absolute atomic E-state index is 13.9. The van der Waals surface area contributed by atoms with Crippen LogP contribution >= 0.6 is 0 Å². The lowest BCUT2D eigenvalue weighted by Gasteiger charge is -2.16. The van der Waals surface area contributed by atoms with Gasteiger partial charge in [0.05, 0.1) is 25.1 Å². The fourth-order valence-electron chi connectivity index (χ4n) is 1.49. The standard InChI is InChI=1S/C11H15FN2O3/c1-16-5-7(11(15)17-2)6-3-4-8(13)10(14)9(6)12/h3-4,7H,5,13-14H2,1-2H3. The highest BCUT2D eigenvalue weighted by molar-refractivity contribution is 5.80. The third-order valence-corrected chi connectivity index (χ3v) is 2.44. The van der Waals surface area contributed by atoms with Crippen molar-refractivity contribution in [3.05, 3.63) is 23.5 Å². The quantitative estimate of drug-likeness (QED) is 0.604. The van der Waals surface area contributed by atoms with Gasteiger partial charge in [0.15, 0.2) is 5.82 Å². The number of rotatable bonds is 4. The molecule has 4 N–H and O–H groups in total. The lowest BCUT2D eigenvalue weighted by molar-refractivity contribution is -0.143. The van der Waals surface area contributed by atoms with Crippen LogP contribution in [0.25, 0.3) is 0 Å². The first kappa shape index (κ1) is 13.2. The van der Waals surface area contributed by atoms with Crippen LogP contribution in [-0.2, 0) is 14.3 Å². The Labute approximate surface area is 98.5 Å². The first-order valence-electron chi connectivity index (χ1n) is 4.93. The van der Waals surface area contributed by atoms with Crippen molar-refractivity contribution in [1.82, 2.24) is 0 Å². The van der Waals surface area contributed by atoms with Gasteiger partial charge in [0.1, 0.15) is 5.92 Å². The van der Waals surface area contributed by atoms with Gasteiger partial charge in [-0.1, -0.05) is 6.07 Å². The van der Waals surface area contributed by atoms with E-state index in [1.54, 1.807) is 0 Å². The summed E-state index contributed by atoms with van der Waals surface area (Å²) >= 11 is 0. The van der Waals surface area contributed by atoms with Crippen LogP contribution < -0.4 is 11.5 Å². The molecule has 0 aliphatic carbocycles. The molecule has 0 saturated heterocycles. The first-order valence-corrected chi connectivity index (χ1v) is 4.93. The molecule has 1 unspecified atom stereocenters. The smallest absolute Gasteiger partial charge is 0.315 e. The van der Waals surface area contributed by atoms with E-state index in [-0.39, 0.29) is 23.5 Å². The molecule has 1 aromatic carbocycles. The number of nitrogen functional groups attached to an aromatic ring is 2. The number of carbonyl (C=O) groups excluding carboxylic acids is 1. The number of halogens is 1. The largest absolute Gasteiger partial charge is 0.468 e. The third-order valence-electron chi connectivity index (χ3n) is 2.44. The molecule has 0 bridgehead atoms. The zero-order valence-corrected chi connectivity index (χ0v) is 9.70. The minimum atomic E-state index is -0.854. The zero-order chi connectivity index (χ0) is 13.0. The predicted octanol–water partition coefficient (Wildman–Crippen LogP) is 0.893. The Morgan fingerprint density at radius 3 is 2.59 bits per heavy atom. The molecule has 0 saturated carbocycles. The van der Waals surface area contributed by atoms with Crippen molar-refractivity contribution in [1.29, 1.82) is 0 Å². The highest BCUT2D eigenvalue weighted by atomic mass is 19.1. The Morgan fingerprint density at radius 1 is 1.41 bits per heavy atom. The summed E-state index contributed by atoms with van der Waals surface area (Å²) in [6.45, 7) is 0.00690. The Morgan fingerprint density at radius 2 is 2.06 bits per heavy atom. The average molecular weight is 242 g/mol. The monoisotopic (exact) mass is 242 g/mol. The summed E-state index contributed by atoms with van der Waals surface area (Å²) < 4.78 is 23.3. The van der Waals surface area contributed by atoms with Crippen molar-refractivity contribution >= 4 is 17.3 Å². The second-order valence-electron chi connectivity index (χ2n) is 3.50. The lowest BCUT2D eigenvalue weighted by atomic mass is 9.98. The maximum atomic E-state index is 13.9. The number of benzene rings is 1. The van der Waals surface area contributed by atoms with Crippen molar-refractivity contribution in [2.24, 2.45) is 0 Å². The predicted molar refractivity (Wildman–Crippen MR) is 61.9 cm³/mol. The molecular formula is C11H15FN2O3. The summed E-state index contributed by atoms with van der Waals surface area (Å²) in [5.74, 6) is -2.15. The molecule has 0 radical (unpaired) electrons. The molecule has 5 nitrogen and oxygen atoms in total. The fraction of sp³-hybridized carbons (Fsp3) is 0.364. The summed E-state index contributed by atoms with van der Waals surface area (Å²) in [5, 5.41) is 0. The SMILES string of the molecule is COCC(C(=O)OC)c1ccc(N)c(N)c1F. The van der Waals surface area contributed by atoms with Crippen molar-refractivity contribution in [3.8, 4) is 0 Å². The van der Waals surface area contributed by atoms with E-state index >= 15 is 0 Å². The van der Waals surface area contributed by atoms with Gasteiger partial charge in [0.25, 0.3) is 0 Å². The van der Waals surface area contributed by atoms with Crippen LogP contribution in [0, 0.1) is 5.82 Å². The van der Waals surface area contributed by atoms with Gasteiger partial charge in [-0.3, -0.25) is 4.79 Å². The lowest BCUT2D eigenvalue weighted by Crippen LogP contribution is -2.21. The Balaban J connectivity index is 3.19. The first-order chi connectivity index (χ1) is 8.02. The van der Waals surface area contributed by atoms with Gasteiger partial charge in [-0.2, -0.15) is 0 Å². The molecule has 0 aromatic heterocycles. The van der Waals surface area contributed by atoms with Crippen molar-refractivity contribution in [2.75, 3.05) is 32.3 Å². The van der Waals surface area contributed by atoms with Gasteiger partial charge in [0.2, 0.25) is 0 Å². The molecule has 0 fully saturated rings. The maximum Gasteiger partial charge on any atom is 0.315 e. The van der Waals surface area contributed by atoms with E-state index in [2.05, 4.69) is 4.74 Å². The van der Waals surface area contributed by atoms with Crippen LogP contribution in [0.2, 0.25) is 0 Å². The topological polar surface area (TPSA) is 87.6 Å². The van der Waals surface area contributed by atoms with Gasteiger partial charge in [-0.05, 0) is 6.07 Å². The molecule has 17 heavy (non-hydrogen) atoms. The highest BCUT2D eigenvalue weighted by Crippen LogP contribution is 2.28. The second kappa shape index (κ2) is 5.49. The number of carbonyl (C=O) groups is 1. The van der Waals surface area contributed by atoms with Gasteiger partial charge >= 0.3 is 5.97 Å². The Bertz CT molecular complexity index is 423.